The minimum Gasteiger partial charge on any atom is -0.396 e. The Bertz CT molecular complexity index is 351. The lowest BCUT2D eigenvalue weighted by atomic mass is 9.83. The van der Waals surface area contributed by atoms with Crippen molar-refractivity contribution in [3.05, 3.63) is 17.5 Å². The first kappa shape index (κ1) is 11.6. The zero-order valence-corrected chi connectivity index (χ0v) is 10.1. The van der Waals surface area contributed by atoms with Gasteiger partial charge in [-0.05, 0) is 26.3 Å². The molecular formula is C12H20N2O2. The molecule has 0 radical (unpaired) electrons. The standard InChI is InChI=1S/C12H20N2O2/c1-10-6-11(13-16-10)7-14-5-3-4-12(2,8-14)9-15/h6,15H,3-5,7-9H2,1-2H3. The van der Waals surface area contributed by atoms with Crippen molar-refractivity contribution in [2.45, 2.75) is 33.2 Å². The summed E-state index contributed by atoms with van der Waals surface area (Å²) in [7, 11) is 0. The summed E-state index contributed by atoms with van der Waals surface area (Å²) in [5, 5.41) is 13.4. The van der Waals surface area contributed by atoms with Gasteiger partial charge < -0.3 is 9.63 Å². The monoisotopic (exact) mass is 224 g/mol. The van der Waals surface area contributed by atoms with E-state index in [9.17, 15) is 5.11 Å². The topological polar surface area (TPSA) is 49.5 Å². The molecular weight excluding hydrogens is 204 g/mol. The van der Waals surface area contributed by atoms with Crippen molar-refractivity contribution in [2.24, 2.45) is 5.41 Å². The van der Waals surface area contributed by atoms with Gasteiger partial charge in [0, 0.05) is 31.2 Å². The number of rotatable bonds is 3. The number of piperidine rings is 1. The zero-order valence-electron chi connectivity index (χ0n) is 10.1. The van der Waals surface area contributed by atoms with Gasteiger partial charge in [0.15, 0.2) is 0 Å². The molecule has 2 rings (SSSR count). The maximum atomic E-state index is 9.38. The van der Waals surface area contributed by atoms with Gasteiger partial charge in [-0.25, -0.2) is 0 Å². The van der Waals surface area contributed by atoms with Crippen molar-refractivity contribution in [3.8, 4) is 0 Å². The third-order valence-electron chi connectivity index (χ3n) is 3.30. The van der Waals surface area contributed by atoms with Gasteiger partial charge in [-0.15, -0.1) is 0 Å². The van der Waals surface area contributed by atoms with E-state index in [0.29, 0.717) is 0 Å². The van der Waals surface area contributed by atoms with E-state index in [2.05, 4.69) is 17.0 Å². The van der Waals surface area contributed by atoms with Crippen molar-refractivity contribution in [2.75, 3.05) is 19.7 Å². The summed E-state index contributed by atoms with van der Waals surface area (Å²) < 4.78 is 5.06. The molecule has 1 unspecified atom stereocenters. The fourth-order valence-corrected chi connectivity index (χ4v) is 2.41. The highest BCUT2D eigenvalue weighted by Crippen LogP contribution is 2.29. The molecule has 1 N–H and O–H groups in total. The highest BCUT2D eigenvalue weighted by atomic mass is 16.5. The molecule has 1 aliphatic heterocycles. The minimum absolute atomic E-state index is 0.0526. The lowest BCUT2D eigenvalue weighted by molar-refractivity contribution is 0.0419. The number of aromatic nitrogens is 1. The smallest absolute Gasteiger partial charge is 0.133 e. The first-order valence-corrected chi connectivity index (χ1v) is 5.87. The highest BCUT2D eigenvalue weighted by Gasteiger charge is 2.30. The zero-order chi connectivity index (χ0) is 11.6. The van der Waals surface area contributed by atoms with Crippen molar-refractivity contribution in [3.63, 3.8) is 0 Å². The lowest BCUT2D eigenvalue weighted by Crippen LogP contribution is -2.43. The first-order valence-electron chi connectivity index (χ1n) is 5.87. The fraction of sp³-hybridized carbons (Fsp3) is 0.750. The molecule has 1 saturated heterocycles. The Morgan fingerprint density at radius 2 is 2.44 bits per heavy atom. The van der Waals surface area contributed by atoms with Crippen LogP contribution in [0, 0.1) is 12.3 Å². The number of hydrogen-bond acceptors (Lipinski definition) is 4. The summed E-state index contributed by atoms with van der Waals surface area (Å²) in [5.41, 5.74) is 1.04. The molecule has 1 aliphatic rings. The van der Waals surface area contributed by atoms with E-state index >= 15 is 0 Å². The van der Waals surface area contributed by atoms with Crippen LogP contribution in [0.5, 0.6) is 0 Å². The maximum absolute atomic E-state index is 9.38. The van der Waals surface area contributed by atoms with Crippen LogP contribution in [0.25, 0.3) is 0 Å². The van der Waals surface area contributed by atoms with Crippen LogP contribution in [0.4, 0.5) is 0 Å². The first-order chi connectivity index (χ1) is 7.61. The summed E-state index contributed by atoms with van der Waals surface area (Å²) in [5.74, 6) is 0.858. The van der Waals surface area contributed by atoms with Crippen molar-refractivity contribution in [1.82, 2.24) is 10.1 Å². The molecule has 1 atom stereocenters. The number of nitrogens with zero attached hydrogens (tertiary/aromatic N) is 2. The summed E-state index contributed by atoms with van der Waals surface area (Å²) >= 11 is 0. The Balaban J connectivity index is 1.95. The maximum Gasteiger partial charge on any atom is 0.133 e. The Hall–Kier alpha value is -0.870. The quantitative estimate of drug-likeness (QED) is 0.847. The predicted molar refractivity (Wildman–Crippen MR) is 60.9 cm³/mol. The summed E-state index contributed by atoms with van der Waals surface area (Å²) in [6.07, 6.45) is 2.26. The third kappa shape index (κ3) is 2.62. The number of aryl methyl sites for hydroxylation is 1. The molecule has 0 aliphatic carbocycles. The number of hydrogen-bond donors (Lipinski definition) is 1. The molecule has 0 spiro atoms. The molecule has 4 heteroatoms. The lowest BCUT2D eigenvalue weighted by Gasteiger charge is -2.38. The normalized spacial score (nSPS) is 27.2. The number of aliphatic hydroxyl groups is 1. The second kappa shape index (κ2) is 4.55. The van der Waals surface area contributed by atoms with E-state index in [1.54, 1.807) is 0 Å². The molecule has 0 amide bonds. The van der Waals surface area contributed by atoms with Crippen LogP contribution in [0.2, 0.25) is 0 Å². The molecule has 90 valence electrons. The van der Waals surface area contributed by atoms with Crippen LogP contribution in [-0.4, -0.2) is 34.9 Å². The Labute approximate surface area is 96.2 Å². The second-order valence-corrected chi connectivity index (χ2v) is 5.21. The molecule has 1 fully saturated rings. The second-order valence-electron chi connectivity index (χ2n) is 5.21. The average molecular weight is 224 g/mol. The summed E-state index contributed by atoms with van der Waals surface area (Å²) in [4.78, 5) is 2.34. The SMILES string of the molecule is Cc1cc(CN2CCCC(C)(CO)C2)no1. The molecule has 1 aromatic rings. The number of likely N-dealkylation sites (tertiary alicyclic amines) is 1. The van der Waals surface area contributed by atoms with Crippen LogP contribution >= 0.6 is 0 Å². The Kier molecular flexibility index (Phi) is 3.30. The Morgan fingerprint density at radius 1 is 1.62 bits per heavy atom. The molecule has 1 aromatic heterocycles. The van der Waals surface area contributed by atoms with E-state index in [0.717, 1.165) is 43.9 Å². The van der Waals surface area contributed by atoms with E-state index < -0.39 is 0 Å². The summed E-state index contributed by atoms with van der Waals surface area (Å²) in [6, 6.07) is 1.98. The van der Waals surface area contributed by atoms with E-state index in [1.165, 1.54) is 0 Å². The van der Waals surface area contributed by atoms with Gasteiger partial charge in [-0.3, -0.25) is 4.90 Å². The minimum atomic E-state index is 0.0526. The van der Waals surface area contributed by atoms with Crippen LogP contribution in [0.1, 0.15) is 31.2 Å². The van der Waals surface area contributed by atoms with Gasteiger partial charge >= 0.3 is 0 Å². The predicted octanol–water partition coefficient (Wildman–Crippen LogP) is 1.58. The van der Waals surface area contributed by atoms with Crippen molar-refractivity contribution in [1.29, 1.82) is 0 Å². The fourth-order valence-electron chi connectivity index (χ4n) is 2.41. The summed E-state index contributed by atoms with van der Waals surface area (Å²) in [6.45, 7) is 7.17. The molecule has 0 saturated carbocycles. The van der Waals surface area contributed by atoms with Gasteiger partial charge in [-0.1, -0.05) is 12.1 Å². The van der Waals surface area contributed by atoms with Gasteiger partial charge in [0.05, 0.1) is 5.69 Å². The van der Waals surface area contributed by atoms with Gasteiger partial charge in [0.1, 0.15) is 5.76 Å². The van der Waals surface area contributed by atoms with Gasteiger partial charge in [-0.2, -0.15) is 0 Å². The van der Waals surface area contributed by atoms with Gasteiger partial charge in [0.2, 0.25) is 0 Å². The highest BCUT2D eigenvalue weighted by molar-refractivity contribution is 5.03. The van der Waals surface area contributed by atoms with Crippen molar-refractivity contribution < 1.29 is 9.63 Å². The van der Waals surface area contributed by atoms with Crippen molar-refractivity contribution >= 4 is 0 Å². The largest absolute Gasteiger partial charge is 0.396 e. The third-order valence-corrected chi connectivity index (χ3v) is 3.30. The van der Waals surface area contributed by atoms with E-state index in [4.69, 9.17) is 4.52 Å². The molecule has 0 aromatic carbocycles. The average Bonchev–Trinajstić information content (AvgIpc) is 2.64. The van der Waals surface area contributed by atoms with Crippen LogP contribution in [0.3, 0.4) is 0 Å². The van der Waals surface area contributed by atoms with Gasteiger partial charge in [0.25, 0.3) is 0 Å². The van der Waals surface area contributed by atoms with E-state index in [1.807, 2.05) is 13.0 Å². The molecule has 0 bridgehead atoms. The van der Waals surface area contributed by atoms with Crippen LogP contribution < -0.4 is 0 Å². The van der Waals surface area contributed by atoms with E-state index in [-0.39, 0.29) is 12.0 Å². The number of aliphatic hydroxyl groups excluding tert-OH is 1. The molecule has 4 nitrogen and oxygen atoms in total. The molecule has 16 heavy (non-hydrogen) atoms. The Morgan fingerprint density at radius 3 is 3.06 bits per heavy atom. The van der Waals surface area contributed by atoms with Crippen LogP contribution in [0.15, 0.2) is 10.6 Å². The molecule has 2 heterocycles. The van der Waals surface area contributed by atoms with Crippen LogP contribution in [-0.2, 0) is 6.54 Å².